The first-order chi connectivity index (χ1) is 10.1. The van der Waals surface area contributed by atoms with Gasteiger partial charge in [-0.15, -0.1) is 0 Å². The van der Waals surface area contributed by atoms with Crippen molar-refractivity contribution >= 4 is 5.91 Å². The predicted octanol–water partition coefficient (Wildman–Crippen LogP) is 2.06. The molecule has 1 atom stereocenters. The van der Waals surface area contributed by atoms with Crippen LogP contribution in [0.1, 0.15) is 37.3 Å². The van der Waals surface area contributed by atoms with Crippen LogP contribution in [0.2, 0.25) is 0 Å². The second kappa shape index (κ2) is 6.88. The van der Waals surface area contributed by atoms with Crippen LogP contribution < -0.4 is 10.1 Å². The Morgan fingerprint density at radius 2 is 2.14 bits per heavy atom. The number of rotatable bonds is 6. The maximum atomic E-state index is 12.1. The van der Waals surface area contributed by atoms with Gasteiger partial charge in [-0.1, -0.05) is 0 Å². The molecule has 0 saturated carbocycles. The van der Waals surface area contributed by atoms with Gasteiger partial charge in [0.05, 0.1) is 12.7 Å². The predicted molar refractivity (Wildman–Crippen MR) is 79.3 cm³/mol. The van der Waals surface area contributed by atoms with E-state index in [9.17, 15) is 4.79 Å². The van der Waals surface area contributed by atoms with E-state index in [4.69, 9.17) is 4.74 Å². The maximum absolute atomic E-state index is 12.1. The van der Waals surface area contributed by atoms with E-state index >= 15 is 0 Å². The zero-order valence-electron chi connectivity index (χ0n) is 12.5. The van der Waals surface area contributed by atoms with Crippen LogP contribution >= 0.6 is 0 Å². The lowest BCUT2D eigenvalue weighted by Crippen LogP contribution is -2.34. The van der Waals surface area contributed by atoms with Crippen molar-refractivity contribution in [3.8, 4) is 5.75 Å². The van der Waals surface area contributed by atoms with Crippen molar-refractivity contribution < 1.29 is 9.53 Å². The first-order valence-electron chi connectivity index (χ1n) is 6.96. The molecule has 2 heterocycles. The lowest BCUT2D eigenvalue weighted by molar-refractivity contribution is 0.0919. The third-order valence-electron chi connectivity index (χ3n) is 2.91. The average Bonchev–Trinajstić information content (AvgIpc) is 2.95. The van der Waals surface area contributed by atoms with Gasteiger partial charge in [-0.2, -0.15) is 5.10 Å². The Kier molecular flexibility index (Phi) is 4.92. The molecule has 21 heavy (non-hydrogen) atoms. The summed E-state index contributed by atoms with van der Waals surface area (Å²) in [5.74, 6) is 0.536. The quantitative estimate of drug-likeness (QED) is 0.883. The molecule has 2 aromatic heterocycles. The number of nitrogens with one attached hydrogen (secondary N) is 1. The monoisotopic (exact) mass is 288 g/mol. The zero-order chi connectivity index (χ0) is 15.2. The summed E-state index contributed by atoms with van der Waals surface area (Å²) in [5.41, 5.74) is 0.554. The summed E-state index contributed by atoms with van der Waals surface area (Å²) in [5, 5.41) is 7.00. The Balaban J connectivity index is 1.87. The van der Waals surface area contributed by atoms with Crippen LogP contribution in [0.15, 0.2) is 36.8 Å². The highest BCUT2D eigenvalue weighted by Gasteiger charge is 2.15. The third-order valence-corrected chi connectivity index (χ3v) is 2.91. The number of amides is 1. The molecular formula is C15H20N4O2. The second-order valence-electron chi connectivity index (χ2n) is 5.08. The summed E-state index contributed by atoms with van der Waals surface area (Å²) in [6, 6.07) is 5.49. The van der Waals surface area contributed by atoms with Crippen molar-refractivity contribution in [1.82, 2.24) is 20.1 Å². The van der Waals surface area contributed by atoms with Gasteiger partial charge in [-0.05, 0) is 39.0 Å². The molecule has 0 aliphatic carbocycles. The van der Waals surface area contributed by atoms with Crippen molar-refractivity contribution in [3.63, 3.8) is 0 Å². The van der Waals surface area contributed by atoms with Crippen molar-refractivity contribution in [1.29, 1.82) is 0 Å². The molecule has 0 spiro atoms. The van der Waals surface area contributed by atoms with Gasteiger partial charge in [0.25, 0.3) is 5.91 Å². The Hall–Kier alpha value is -2.37. The zero-order valence-corrected chi connectivity index (χ0v) is 12.5. The van der Waals surface area contributed by atoms with Crippen LogP contribution in [0, 0.1) is 0 Å². The van der Waals surface area contributed by atoms with E-state index in [1.54, 1.807) is 29.3 Å². The largest absolute Gasteiger partial charge is 0.487 e. The lowest BCUT2D eigenvalue weighted by atomic mass is 10.3. The standard InChI is InChI=1S/C15H20N4O2/c1-11(2)19-14(6-8-18-19)15(20)17-9-12(3)21-13-5-4-7-16-10-13/h4-8,10-12H,9H2,1-3H3,(H,17,20)/t12-/m1/s1. The van der Waals surface area contributed by atoms with E-state index in [0.29, 0.717) is 18.0 Å². The van der Waals surface area contributed by atoms with Crippen molar-refractivity contribution in [2.24, 2.45) is 0 Å². The number of pyridine rings is 1. The van der Waals surface area contributed by atoms with E-state index in [1.165, 1.54) is 0 Å². The van der Waals surface area contributed by atoms with Gasteiger partial charge >= 0.3 is 0 Å². The summed E-state index contributed by atoms with van der Waals surface area (Å²) in [4.78, 5) is 16.1. The molecule has 0 aliphatic heterocycles. The molecular weight excluding hydrogens is 268 g/mol. The fraction of sp³-hybridized carbons (Fsp3) is 0.400. The molecule has 1 amide bonds. The van der Waals surface area contributed by atoms with E-state index in [1.807, 2.05) is 32.9 Å². The minimum atomic E-state index is -0.150. The number of carbonyl (C=O) groups is 1. The SMILES string of the molecule is CC(C)n1nccc1C(=O)NC[C@@H](C)Oc1cccnc1. The molecule has 112 valence electrons. The molecule has 2 aromatic rings. The summed E-state index contributed by atoms with van der Waals surface area (Å²) in [6.07, 6.45) is 4.82. The number of nitrogens with zero attached hydrogens (tertiary/aromatic N) is 3. The van der Waals surface area contributed by atoms with Gasteiger partial charge in [-0.3, -0.25) is 14.5 Å². The van der Waals surface area contributed by atoms with Crippen molar-refractivity contribution in [2.75, 3.05) is 6.54 Å². The molecule has 0 fully saturated rings. The molecule has 0 saturated heterocycles. The highest BCUT2D eigenvalue weighted by Crippen LogP contribution is 2.10. The lowest BCUT2D eigenvalue weighted by Gasteiger charge is -2.16. The van der Waals surface area contributed by atoms with Crippen molar-refractivity contribution in [3.05, 3.63) is 42.5 Å². The average molecular weight is 288 g/mol. The fourth-order valence-corrected chi connectivity index (χ4v) is 1.92. The summed E-state index contributed by atoms with van der Waals surface area (Å²) >= 11 is 0. The molecule has 2 rings (SSSR count). The highest BCUT2D eigenvalue weighted by atomic mass is 16.5. The molecule has 0 aromatic carbocycles. The molecule has 0 bridgehead atoms. The third kappa shape index (κ3) is 4.05. The Morgan fingerprint density at radius 3 is 2.81 bits per heavy atom. The highest BCUT2D eigenvalue weighted by molar-refractivity contribution is 5.92. The molecule has 0 unspecified atom stereocenters. The number of aromatic nitrogens is 3. The maximum Gasteiger partial charge on any atom is 0.269 e. The number of hydrogen-bond acceptors (Lipinski definition) is 4. The second-order valence-corrected chi connectivity index (χ2v) is 5.08. The number of ether oxygens (including phenoxy) is 1. The van der Waals surface area contributed by atoms with Crippen LogP contribution in [-0.4, -0.2) is 33.3 Å². The fourth-order valence-electron chi connectivity index (χ4n) is 1.92. The Labute approximate surface area is 124 Å². The molecule has 6 heteroatoms. The number of carbonyl (C=O) groups excluding carboxylic acids is 1. The van der Waals surface area contributed by atoms with E-state index in [2.05, 4.69) is 15.4 Å². The smallest absolute Gasteiger partial charge is 0.269 e. The molecule has 0 radical (unpaired) electrons. The van der Waals surface area contributed by atoms with Gasteiger partial charge in [0.15, 0.2) is 0 Å². The van der Waals surface area contributed by atoms with Crippen molar-refractivity contribution in [2.45, 2.75) is 32.9 Å². The minimum Gasteiger partial charge on any atom is -0.487 e. The molecule has 6 nitrogen and oxygen atoms in total. The van der Waals surface area contributed by atoms with Crippen LogP contribution in [-0.2, 0) is 0 Å². The molecule has 1 N–H and O–H groups in total. The van der Waals surface area contributed by atoms with Crippen LogP contribution in [0.25, 0.3) is 0 Å². The van der Waals surface area contributed by atoms with E-state index in [-0.39, 0.29) is 18.1 Å². The van der Waals surface area contributed by atoms with E-state index < -0.39 is 0 Å². The normalized spacial score (nSPS) is 12.2. The summed E-state index contributed by atoms with van der Waals surface area (Å²) in [6.45, 7) is 6.28. The topological polar surface area (TPSA) is 69.0 Å². The van der Waals surface area contributed by atoms with Crippen LogP contribution in [0.3, 0.4) is 0 Å². The number of hydrogen-bond donors (Lipinski definition) is 1. The first-order valence-corrected chi connectivity index (χ1v) is 6.96. The molecule has 0 aliphatic rings. The Bertz CT molecular complexity index is 580. The van der Waals surface area contributed by atoms with Gasteiger partial charge in [0.2, 0.25) is 0 Å². The summed E-state index contributed by atoms with van der Waals surface area (Å²) < 4.78 is 7.36. The van der Waals surface area contributed by atoms with Gasteiger partial charge in [0, 0.05) is 18.4 Å². The van der Waals surface area contributed by atoms with Gasteiger partial charge < -0.3 is 10.1 Å². The van der Waals surface area contributed by atoms with Crippen LogP contribution in [0.4, 0.5) is 0 Å². The minimum absolute atomic E-state index is 0.143. The Morgan fingerprint density at radius 1 is 1.33 bits per heavy atom. The van der Waals surface area contributed by atoms with Gasteiger partial charge in [0.1, 0.15) is 17.5 Å². The summed E-state index contributed by atoms with van der Waals surface area (Å²) in [7, 11) is 0. The van der Waals surface area contributed by atoms with Gasteiger partial charge in [-0.25, -0.2) is 0 Å². The van der Waals surface area contributed by atoms with Crippen LogP contribution in [0.5, 0.6) is 5.75 Å². The first kappa shape index (κ1) is 15.0. The van der Waals surface area contributed by atoms with E-state index in [0.717, 1.165) is 0 Å².